The van der Waals surface area contributed by atoms with Crippen LogP contribution in [0.1, 0.15) is 21.5 Å². The molecule has 2 rings (SSSR count). The Bertz CT molecular complexity index is 825. The number of methoxy groups -OCH3 is 1. The van der Waals surface area contributed by atoms with Crippen molar-refractivity contribution in [2.75, 3.05) is 27.2 Å². The number of nitrogens with zero attached hydrogens (tertiary/aromatic N) is 1. The van der Waals surface area contributed by atoms with E-state index >= 15 is 0 Å². The second-order valence-corrected chi connectivity index (χ2v) is 6.03. The van der Waals surface area contributed by atoms with Crippen LogP contribution in [0.5, 0.6) is 5.75 Å². The minimum absolute atomic E-state index is 0. The fourth-order valence-corrected chi connectivity index (χ4v) is 2.42. The normalized spacial score (nSPS) is 11.3. The van der Waals surface area contributed by atoms with Crippen LogP contribution in [0.3, 0.4) is 0 Å². The molecule has 0 bridgehead atoms. The van der Waals surface area contributed by atoms with Gasteiger partial charge in [-0.25, -0.2) is 0 Å². The maximum atomic E-state index is 12.6. The summed E-state index contributed by atoms with van der Waals surface area (Å²) in [4.78, 5) is 16.1. The van der Waals surface area contributed by atoms with Crippen LogP contribution >= 0.6 is 24.0 Å². The van der Waals surface area contributed by atoms with Crippen molar-refractivity contribution in [3.05, 3.63) is 65.2 Å². The fourth-order valence-electron chi connectivity index (χ4n) is 2.42. The van der Waals surface area contributed by atoms with Crippen LogP contribution in [0, 0.1) is 0 Å². The maximum absolute atomic E-state index is 12.6. The highest BCUT2D eigenvalue weighted by Crippen LogP contribution is 2.29. The Morgan fingerprint density at radius 1 is 0.967 bits per heavy atom. The second kappa shape index (κ2) is 12.3. The van der Waals surface area contributed by atoms with Crippen LogP contribution in [0.15, 0.2) is 53.5 Å². The number of guanidine groups is 1. The number of hydrogen-bond acceptors (Lipinski definition) is 3. The zero-order valence-electron chi connectivity index (χ0n) is 16.5. The number of benzene rings is 2. The topological polar surface area (TPSA) is 74.8 Å². The van der Waals surface area contributed by atoms with Crippen molar-refractivity contribution in [3.63, 3.8) is 0 Å². The van der Waals surface area contributed by atoms with E-state index in [-0.39, 0.29) is 29.9 Å². The van der Waals surface area contributed by atoms with Crippen LogP contribution in [0.25, 0.3) is 0 Å². The average Bonchev–Trinajstić information content (AvgIpc) is 2.72. The number of hydrogen-bond donors (Lipinski definition) is 3. The lowest BCUT2D eigenvalue weighted by Crippen LogP contribution is -2.41. The molecule has 0 fully saturated rings. The van der Waals surface area contributed by atoms with Crippen molar-refractivity contribution in [2.24, 2.45) is 4.99 Å². The lowest BCUT2D eigenvalue weighted by molar-refractivity contribution is -0.137. The minimum Gasteiger partial charge on any atom is -0.497 e. The standard InChI is InChI=1S/C20H23F3N4O2.HI/c1-24-19(27-13-14-3-7-16(8-4-14)20(21,22)23)26-12-11-25-18(28)15-5-9-17(29-2)10-6-15;/h3-10H,11-13H2,1-2H3,(H,25,28)(H2,24,26,27);1H. The van der Waals surface area contributed by atoms with E-state index in [4.69, 9.17) is 4.74 Å². The molecule has 0 heterocycles. The fraction of sp³-hybridized carbons (Fsp3) is 0.300. The minimum atomic E-state index is -4.35. The molecule has 164 valence electrons. The molecule has 0 radical (unpaired) electrons. The van der Waals surface area contributed by atoms with Gasteiger partial charge in [0, 0.05) is 32.2 Å². The van der Waals surface area contributed by atoms with Crippen LogP contribution < -0.4 is 20.7 Å². The van der Waals surface area contributed by atoms with Crippen LogP contribution in [0.4, 0.5) is 13.2 Å². The molecule has 0 unspecified atom stereocenters. The number of ether oxygens (including phenoxy) is 1. The number of nitrogens with one attached hydrogen (secondary N) is 3. The number of halogens is 4. The molecule has 0 aliphatic rings. The Balaban J connectivity index is 0.00000450. The lowest BCUT2D eigenvalue weighted by atomic mass is 10.1. The summed E-state index contributed by atoms with van der Waals surface area (Å²) in [6.07, 6.45) is -4.35. The summed E-state index contributed by atoms with van der Waals surface area (Å²) in [6, 6.07) is 11.7. The molecule has 30 heavy (non-hydrogen) atoms. The van der Waals surface area contributed by atoms with Crippen LogP contribution in [0.2, 0.25) is 0 Å². The van der Waals surface area contributed by atoms with Gasteiger partial charge in [-0.2, -0.15) is 13.2 Å². The molecule has 0 saturated carbocycles. The molecular weight excluding hydrogens is 512 g/mol. The van der Waals surface area contributed by atoms with E-state index in [1.165, 1.54) is 12.1 Å². The predicted octanol–water partition coefficient (Wildman–Crippen LogP) is 3.43. The van der Waals surface area contributed by atoms with Crippen LogP contribution in [-0.4, -0.2) is 39.1 Å². The van der Waals surface area contributed by atoms with Crippen molar-refractivity contribution in [3.8, 4) is 5.75 Å². The number of aliphatic imine (C=N–C) groups is 1. The van der Waals surface area contributed by atoms with E-state index in [9.17, 15) is 18.0 Å². The molecular formula is C20H24F3IN4O2. The van der Waals surface area contributed by atoms with Gasteiger partial charge >= 0.3 is 6.18 Å². The summed E-state index contributed by atoms with van der Waals surface area (Å²) < 4.78 is 42.8. The second-order valence-electron chi connectivity index (χ2n) is 6.03. The summed E-state index contributed by atoms with van der Waals surface area (Å²) >= 11 is 0. The van der Waals surface area contributed by atoms with Gasteiger partial charge in [0.15, 0.2) is 5.96 Å². The van der Waals surface area contributed by atoms with Crippen molar-refractivity contribution < 1.29 is 22.7 Å². The predicted molar refractivity (Wildman–Crippen MR) is 120 cm³/mol. The van der Waals surface area contributed by atoms with Crippen LogP contribution in [-0.2, 0) is 12.7 Å². The molecule has 2 aromatic carbocycles. The number of amides is 1. The van der Waals surface area contributed by atoms with Crippen molar-refractivity contribution in [1.29, 1.82) is 0 Å². The first-order chi connectivity index (χ1) is 13.8. The van der Waals surface area contributed by atoms with Crippen molar-refractivity contribution in [1.82, 2.24) is 16.0 Å². The summed E-state index contributed by atoms with van der Waals surface area (Å²) in [5.74, 6) is 0.942. The summed E-state index contributed by atoms with van der Waals surface area (Å²) in [6.45, 7) is 1.11. The summed E-state index contributed by atoms with van der Waals surface area (Å²) in [7, 11) is 3.14. The van der Waals surface area contributed by atoms with Gasteiger partial charge in [0.2, 0.25) is 0 Å². The molecule has 0 spiro atoms. The van der Waals surface area contributed by atoms with Gasteiger partial charge in [-0.05, 0) is 42.0 Å². The number of carbonyl (C=O) groups is 1. The molecule has 6 nitrogen and oxygen atoms in total. The highest BCUT2D eigenvalue weighted by molar-refractivity contribution is 14.0. The zero-order valence-corrected chi connectivity index (χ0v) is 18.9. The van der Waals surface area contributed by atoms with Gasteiger partial charge in [-0.15, -0.1) is 24.0 Å². The smallest absolute Gasteiger partial charge is 0.416 e. The Kier molecular flexibility index (Phi) is 10.4. The summed E-state index contributed by atoms with van der Waals surface area (Å²) in [5.41, 5.74) is 0.528. The Labute approximate surface area is 190 Å². The van der Waals surface area contributed by atoms with E-state index in [1.807, 2.05) is 0 Å². The lowest BCUT2D eigenvalue weighted by Gasteiger charge is -2.13. The van der Waals surface area contributed by atoms with E-state index in [2.05, 4.69) is 20.9 Å². The molecule has 1 amide bonds. The van der Waals surface area contributed by atoms with Crippen molar-refractivity contribution >= 4 is 35.8 Å². The van der Waals surface area contributed by atoms with E-state index < -0.39 is 11.7 Å². The first-order valence-electron chi connectivity index (χ1n) is 8.86. The van der Waals surface area contributed by atoms with E-state index in [0.717, 1.165) is 12.1 Å². The van der Waals surface area contributed by atoms with Gasteiger partial charge in [0.05, 0.1) is 12.7 Å². The number of rotatable bonds is 7. The number of alkyl halides is 3. The average molecular weight is 536 g/mol. The zero-order chi connectivity index (χ0) is 21.3. The molecule has 2 aromatic rings. The third-order valence-electron chi connectivity index (χ3n) is 4.02. The van der Waals surface area contributed by atoms with Gasteiger partial charge in [0.25, 0.3) is 5.91 Å². The van der Waals surface area contributed by atoms with E-state index in [0.29, 0.717) is 42.5 Å². The van der Waals surface area contributed by atoms with Gasteiger partial charge in [-0.3, -0.25) is 9.79 Å². The SMILES string of the molecule is CN=C(NCCNC(=O)c1ccc(OC)cc1)NCc1ccc(C(F)(F)F)cc1.I. The monoisotopic (exact) mass is 536 g/mol. The first kappa shape index (κ1) is 25.5. The third-order valence-corrected chi connectivity index (χ3v) is 4.02. The van der Waals surface area contributed by atoms with Gasteiger partial charge < -0.3 is 20.7 Å². The van der Waals surface area contributed by atoms with E-state index in [1.54, 1.807) is 38.4 Å². The summed E-state index contributed by atoms with van der Waals surface area (Å²) in [5, 5.41) is 8.81. The molecule has 0 saturated heterocycles. The van der Waals surface area contributed by atoms with Gasteiger partial charge in [-0.1, -0.05) is 12.1 Å². The largest absolute Gasteiger partial charge is 0.497 e. The molecule has 3 N–H and O–H groups in total. The van der Waals surface area contributed by atoms with Crippen molar-refractivity contribution in [2.45, 2.75) is 12.7 Å². The van der Waals surface area contributed by atoms with Gasteiger partial charge in [0.1, 0.15) is 5.75 Å². The highest BCUT2D eigenvalue weighted by Gasteiger charge is 2.29. The molecule has 10 heteroatoms. The first-order valence-corrected chi connectivity index (χ1v) is 8.86. The molecule has 0 aliphatic heterocycles. The number of carbonyl (C=O) groups excluding carboxylic acids is 1. The maximum Gasteiger partial charge on any atom is 0.416 e. The highest BCUT2D eigenvalue weighted by atomic mass is 127. The Morgan fingerprint density at radius 3 is 2.10 bits per heavy atom. The Morgan fingerprint density at radius 2 is 1.57 bits per heavy atom. The molecule has 0 atom stereocenters. The third kappa shape index (κ3) is 8.09. The quantitative estimate of drug-likeness (QED) is 0.220. The molecule has 0 aliphatic carbocycles. The molecule has 0 aromatic heterocycles. The Hall–Kier alpha value is -2.50.